The Morgan fingerprint density at radius 1 is 0.970 bits per heavy atom. The summed E-state index contributed by atoms with van der Waals surface area (Å²) in [5.41, 5.74) is 1.01. The third-order valence-corrected chi connectivity index (χ3v) is 7.79. The highest BCUT2D eigenvalue weighted by Gasteiger charge is 2.37. The summed E-state index contributed by atoms with van der Waals surface area (Å²) < 4.78 is 6.83. The van der Waals surface area contributed by atoms with E-state index >= 15 is 0 Å². The quantitative estimate of drug-likeness (QED) is 0.533. The lowest BCUT2D eigenvalue weighted by Crippen LogP contribution is -2.44. The van der Waals surface area contributed by atoms with E-state index < -0.39 is 0 Å². The largest absolute Gasteiger partial charge is 0.493 e. The van der Waals surface area contributed by atoms with E-state index in [1.165, 1.54) is 4.70 Å². The van der Waals surface area contributed by atoms with Crippen LogP contribution in [0.15, 0.2) is 54.6 Å². The number of piperidine rings is 1. The van der Waals surface area contributed by atoms with Gasteiger partial charge in [0.05, 0.1) is 29.3 Å². The van der Waals surface area contributed by atoms with Crippen LogP contribution >= 0.6 is 11.3 Å². The normalized spacial score (nSPS) is 19.2. The molecule has 2 saturated heterocycles. The van der Waals surface area contributed by atoms with Crippen LogP contribution in [-0.2, 0) is 9.59 Å². The van der Waals surface area contributed by atoms with Crippen molar-refractivity contribution in [2.45, 2.75) is 38.1 Å². The van der Waals surface area contributed by atoms with Gasteiger partial charge in [-0.25, -0.2) is 4.98 Å². The molecule has 1 unspecified atom stereocenters. The second kappa shape index (κ2) is 9.91. The van der Waals surface area contributed by atoms with Crippen molar-refractivity contribution in [3.8, 4) is 5.75 Å². The molecule has 172 valence electrons. The smallest absolute Gasteiger partial charge is 0.226 e. The number of aromatic nitrogens is 1. The maximum atomic E-state index is 13.4. The molecular weight excluding hydrogens is 434 g/mol. The highest BCUT2D eigenvalue weighted by molar-refractivity contribution is 7.18. The standard InChI is InChI=1S/C26H29N3O3S/c30-24(14-18-32-20-7-2-1-3-8-20)28-16-12-19(13-17-28)26(31)29-15-6-10-22(29)25-27-21-9-4-5-11-23(21)33-25/h1-5,7-9,11,19,22H,6,10,12-18H2. The Bertz CT molecular complexity index is 1080. The summed E-state index contributed by atoms with van der Waals surface area (Å²) in [7, 11) is 0. The second-order valence-corrected chi connectivity index (χ2v) is 9.84. The molecule has 2 fully saturated rings. The van der Waals surface area contributed by atoms with Crippen LogP contribution in [0.5, 0.6) is 5.75 Å². The van der Waals surface area contributed by atoms with Crippen molar-refractivity contribution in [2.24, 2.45) is 5.92 Å². The van der Waals surface area contributed by atoms with Crippen LogP contribution in [0, 0.1) is 5.92 Å². The first-order valence-electron chi connectivity index (χ1n) is 11.8. The van der Waals surface area contributed by atoms with Gasteiger partial charge in [0.15, 0.2) is 0 Å². The van der Waals surface area contributed by atoms with Gasteiger partial charge in [0.25, 0.3) is 0 Å². The average Bonchev–Trinajstić information content (AvgIpc) is 3.51. The van der Waals surface area contributed by atoms with Crippen molar-refractivity contribution >= 4 is 33.4 Å². The zero-order valence-corrected chi connectivity index (χ0v) is 19.5. The highest BCUT2D eigenvalue weighted by Crippen LogP contribution is 2.38. The molecule has 3 aromatic rings. The van der Waals surface area contributed by atoms with Crippen LogP contribution in [0.4, 0.5) is 0 Å². The van der Waals surface area contributed by atoms with E-state index in [2.05, 4.69) is 6.07 Å². The minimum absolute atomic E-state index is 0.00963. The summed E-state index contributed by atoms with van der Waals surface area (Å²) in [6.45, 7) is 2.45. The lowest BCUT2D eigenvalue weighted by Gasteiger charge is -2.34. The molecular formula is C26H29N3O3S. The fourth-order valence-electron chi connectivity index (χ4n) is 4.86. The number of ether oxygens (including phenoxy) is 1. The van der Waals surface area contributed by atoms with E-state index in [-0.39, 0.29) is 23.8 Å². The molecule has 2 aliphatic rings. The average molecular weight is 464 g/mol. The Morgan fingerprint density at radius 3 is 2.52 bits per heavy atom. The molecule has 0 aliphatic carbocycles. The monoisotopic (exact) mass is 463 g/mol. The van der Waals surface area contributed by atoms with E-state index in [1.807, 2.05) is 58.3 Å². The van der Waals surface area contributed by atoms with Crippen molar-refractivity contribution in [3.63, 3.8) is 0 Å². The second-order valence-electron chi connectivity index (χ2n) is 8.78. The van der Waals surface area contributed by atoms with Gasteiger partial charge in [-0.3, -0.25) is 9.59 Å². The number of hydrogen-bond acceptors (Lipinski definition) is 5. The summed E-state index contributed by atoms with van der Waals surface area (Å²) >= 11 is 1.70. The van der Waals surface area contributed by atoms with Gasteiger partial charge < -0.3 is 14.5 Å². The van der Waals surface area contributed by atoms with Crippen molar-refractivity contribution in [1.82, 2.24) is 14.8 Å². The first-order chi connectivity index (χ1) is 16.2. The third kappa shape index (κ3) is 4.88. The molecule has 2 aromatic carbocycles. The Hall–Kier alpha value is -2.93. The van der Waals surface area contributed by atoms with Crippen LogP contribution in [0.3, 0.4) is 0 Å². The minimum Gasteiger partial charge on any atom is -0.493 e. The van der Waals surface area contributed by atoms with Crippen molar-refractivity contribution in [1.29, 1.82) is 0 Å². The number of fused-ring (bicyclic) bond motifs is 1. The number of carbonyl (C=O) groups excluding carboxylic acids is 2. The predicted octanol–water partition coefficient (Wildman–Crippen LogP) is 4.67. The van der Waals surface area contributed by atoms with Gasteiger partial charge >= 0.3 is 0 Å². The SMILES string of the molecule is O=C(CCOc1ccccc1)N1CCC(C(=O)N2CCCC2c2nc3ccccc3s2)CC1. The first-order valence-corrected chi connectivity index (χ1v) is 12.6. The zero-order valence-electron chi connectivity index (χ0n) is 18.7. The first kappa shape index (κ1) is 21.9. The van der Waals surface area contributed by atoms with Crippen molar-refractivity contribution in [3.05, 3.63) is 59.6 Å². The fraction of sp³-hybridized carbons (Fsp3) is 0.423. The topological polar surface area (TPSA) is 62.7 Å². The van der Waals surface area contributed by atoms with Gasteiger partial charge in [0.1, 0.15) is 10.8 Å². The van der Waals surface area contributed by atoms with Gasteiger partial charge in [-0.05, 0) is 49.9 Å². The molecule has 7 heteroatoms. The summed E-state index contributed by atoms with van der Waals surface area (Å²) in [6, 6.07) is 17.8. The van der Waals surface area contributed by atoms with Gasteiger partial charge in [-0.1, -0.05) is 30.3 Å². The Balaban J connectivity index is 1.13. The van der Waals surface area contributed by atoms with E-state index in [9.17, 15) is 9.59 Å². The van der Waals surface area contributed by atoms with Gasteiger partial charge in [-0.15, -0.1) is 11.3 Å². The molecule has 0 saturated carbocycles. The molecule has 33 heavy (non-hydrogen) atoms. The lowest BCUT2D eigenvalue weighted by molar-refractivity contribution is -0.141. The van der Waals surface area contributed by atoms with Crippen LogP contribution in [0.2, 0.25) is 0 Å². The minimum atomic E-state index is -0.00963. The van der Waals surface area contributed by atoms with Gasteiger partial charge in [0.2, 0.25) is 11.8 Å². The molecule has 0 spiro atoms. The fourth-order valence-corrected chi connectivity index (χ4v) is 5.98. The maximum Gasteiger partial charge on any atom is 0.226 e. The number of benzene rings is 2. The molecule has 1 atom stereocenters. The molecule has 3 heterocycles. The molecule has 0 radical (unpaired) electrons. The molecule has 0 bridgehead atoms. The molecule has 5 rings (SSSR count). The molecule has 0 N–H and O–H groups in total. The molecule has 2 amide bonds. The number of carbonyl (C=O) groups is 2. The van der Waals surface area contributed by atoms with E-state index in [4.69, 9.17) is 9.72 Å². The number of thiazole rings is 1. The Morgan fingerprint density at radius 2 is 1.73 bits per heavy atom. The van der Waals surface area contributed by atoms with E-state index in [0.717, 1.165) is 48.5 Å². The van der Waals surface area contributed by atoms with E-state index in [0.29, 0.717) is 26.1 Å². The maximum absolute atomic E-state index is 13.4. The number of nitrogens with zero attached hydrogens (tertiary/aromatic N) is 3. The zero-order chi connectivity index (χ0) is 22.6. The van der Waals surface area contributed by atoms with Crippen LogP contribution in [0.25, 0.3) is 10.2 Å². The van der Waals surface area contributed by atoms with Crippen LogP contribution < -0.4 is 4.74 Å². The van der Waals surface area contributed by atoms with Gasteiger partial charge in [-0.2, -0.15) is 0 Å². The van der Waals surface area contributed by atoms with Crippen LogP contribution in [0.1, 0.15) is 43.2 Å². The number of rotatable bonds is 6. The van der Waals surface area contributed by atoms with Crippen LogP contribution in [-0.4, -0.2) is 52.8 Å². The molecule has 1 aromatic heterocycles. The van der Waals surface area contributed by atoms with E-state index in [1.54, 1.807) is 11.3 Å². The highest BCUT2D eigenvalue weighted by atomic mass is 32.1. The predicted molar refractivity (Wildman–Crippen MR) is 129 cm³/mol. The lowest BCUT2D eigenvalue weighted by atomic mass is 9.94. The Kier molecular flexibility index (Phi) is 6.58. The summed E-state index contributed by atoms with van der Waals surface area (Å²) in [5, 5.41) is 1.05. The number of likely N-dealkylation sites (tertiary alicyclic amines) is 2. The Labute approximate surface area is 198 Å². The molecule has 2 aliphatic heterocycles. The summed E-state index contributed by atoms with van der Waals surface area (Å²) in [5.74, 6) is 1.11. The van der Waals surface area contributed by atoms with Crippen molar-refractivity contribution < 1.29 is 14.3 Å². The van der Waals surface area contributed by atoms with Crippen molar-refractivity contribution in [2.75, 3.05) is 26.2 Å². The number of hydrogen-bond donors (Lipinski definition) is 0. The summed E-state index contributed by atoms with van der Waals surface area (Å²) in [4.78, 5) is 34.7. The summed E-state index contributed by atoms with van der Waals surface area (Å²) in [6.07, 6.45) is 3.81. The van der Waals surface area contributed by atoms with Gasteiger partial charge in [0, 0.05) is 25.6 Å². The third-order valence-electron chi connectivity index (χ3n) is 6.66. The number of para-hydroxylation sites is 2. The molecule has 6 nitrogen and oxygen atoms in total. The number of amides is 2.